The van der Waals surface area contributed by atoms with Crippen LogP contribution in [0.15, 0.2) is 78.4 Å². The van der Waals surface area contributed by atoms with Crippen molar-refractivity contribution in [2.75, 3.05) is 71.2 Å². The molecule has 15 heteroatoms. The van der Waals surface area contributed by atoms with E-state index in [9.17, 15) is 19.5 Å². The van der Waals surface area contributed by atoms with Crippen molar-refractivity contribution in [3.63, 3.8) is 0 Å². The van der Waals surface area contributed by atoms with Crippen LogP contribution in [0.3, 0.4) is 0 Å². The number of aryl methyl sites for hydroxylation is 1. The predicted octanol–water partition coefficient (Wildman–Crippen LogP) is 6.04. The van der Waals surface area contributed by atoms with E-state index >= 15 is 0 Å². The number of aromatic nitrogens is 4. The molecule has 3 aromatic heterocycles. The molecule has 1 aliphatic carbocycles. The number of aliphatic hydroxyl groups excluding tert-OH is 1. The Morgan fingerprint density at radius 2 is 1.83 bits per heavy atom. The second-order valence-electron chi connectivity index (χ2n) is 19.4. The van der Waals surface area contributed by atoms with Crippen LogP contribution < -0.4 is 30.9 Å². The summed E-state index contributed by atoms with van der Waals surface area (Å²) < 4.78 is 9.32. The molecule has 0 saturated carbocycles. The summed E-state index contributed by atoms with van der Waals surface area (Å²) in [5.41, 5.74) is 10.5. The summed E-state index contributed by atoms with van der Waals surface area (Å²) in [4.78, 5) is 59.2. The minimum atomic E-state index is -0.396. The number of piperidine rings is 1. The van der Waals surface area contributed by atoms with Gasteiger partial charge in [0.2, 0.25) is 5.91 Å². The Hall–Kier alpha value is -6.29. The van der Waals surface area contributed by atoms with E-state index in [4.69, 9.17) is 9.72 Å². The van der Waals surface area contributed by atoms with E-state index in [0.29, 0.717) is 65.4 Å². The molecule has 2 aromatic carbocycles. The summed E-state index contributed by atoms with van der Waals surface area (Å²) in [7, 11) is 1.65. The van der Waals surface area contributed by atoms with E-state index in [1.165, 1.54) is 38.7 Å². The van der Waals surface area contributed by atoms with Crippen LogP contribution in [0.25, 0.3) is 11.3 Å². The summed E-state index contributed by atoms with van der Waals surface area (Å²) in [5, 5.41) is 17.1. The Balaban J connectivity index is 0.858. The molecular weight excluding hydrogens is 833 g/mol. The fraction of sp³-hybridized carbons (Fsp3) is 0.431. The molecule has 5 aromatic rings. The minimum Gasteiger partial charge on any atom is -0.392 e. The van der Waals surface area contributed by atoms with Crippen LogP contribution in [-0.2, 0) is 55.6 Å². The first-order valence-corrected chi connectivity index (χ1v) is 23.4. The lowest BCUT2D eigenvalue weighted by molar-refractivity contribution is -0.111. The third-order valence-corrected chi connectivity index (χ3v) is 14.4. The van der Waals surface area contributed by atoms with Crippen molar-refractivity contribution >= 4 is 46.2 Å². The maximum absolute atomic E-state index is 14.0. The quantitative estimate of drug-likeness (QED) is 0.141. The van der Waals surface area contributed by atoms with Gasteiger partial charge < -0.3 is 39.4 Å². The van der Waals surface area contributed by atoms with Gasteiger partial charge >= 0.3 is 0 Å². The zero-order chi connectivity index (χ0) is 45.9. The van der Waals surface area contributed by atoms with Gasteiger partial charge in [-0.2, -0.15) is 0 Å². The number of carbonyl (C=O) groups is 2. The monoisotopic (exact) mass is 892 g/mol. The van der Waals surface area contributed by atoms with Gasteiger partial charge in [0.05, 0.1) is 36.9 Å². The summed E-state index contributed by atoms with van der Waals surface area (Å²) in [6, 6.07) is 16.8. The number of nitrogens with zero attached hydrogens (tertiary/aromatic N) is 8. The van der Waals surface area contributed by atoms with Crippen molar-refractivity contribution in [1.82, 2.24) is 24.0 Å². The molecule has 344 valence electrons. The summed E-state index contributed by atoms with van der Waals surface area (Å²) in [6.45, 7) is 17.2. The number of fused-ring (bicyclic) bond motifs is 4. The van der Waals surface area contributed by atoms with Gasteiger partial charge in [-0.3, -0.25) is 24.2 Å². The van der Waals surface area contributed by atoms with Gasteiger partial charge in [-0.1, -0.05) is 32.6 Å². The molecule has 0 bridgehead atoms. The molecule has 10 rings (SSSR count). The molecule has 2 fully saturated rings. The highest BCUT2D eigenvalue weighted by Crippen LogP contribution is 2.41. The number of pyridine rings is 1. The zero-order valence-corrected chi connectivity index (χ0v) is 38.5. The predicted molar refractivity (Wildman–Crippen MR) is 258 cm³/mol. The lowest BCUT2D eigenvalue weighted by atomic mass is 9.90. The normalized spacial score (nSPS) is 19.6. The van der Waals surface area contributed by atoms with E-state index in [1.54, 1.807) is 30.4 Å². The second kappa shape index (κ2) is 17.5. The van der Waals surface area contributed by atoms with E-state index in [-0.39, 0.29) is 34.6 Å². The Labute approximate surface area is 385 Å². The summed E-state index contributed by atoms with van der Waals surface area (Å²) in [5.74, 6) is -0.0663. The van der Waals surface area contributed by atoms with Crippen LogP contribution in [0, 0.1) is 5.41 Å². The van der Waals surface area contributed by atoms with Gasteiger partial charge in [-0.25, -0.2) is 9.97 Å². The largest absolute Gasteiger partial charge is 0.392 e. The zero-order valence-electron chi connectivity index (χ0n) is 38.5. The minimum absolute atomic E-state index is 0.0597. The van der Waals surface area contributed by atoms with E-state index in [1.807, 2.05) is 24.3 Å². The maximum Gasteiger partial charge on any atom is 0.293 e. The maximum atomic E-state index is 14.0. The Morgan fingerprint density at radius 1 is 1.00 bits per heavy atom. The number of piperazine rings is 1. The summed E-state index contributed by atoms with van der Waals surface area (Å²) >= 11 is 0. The molecule has 0 radical (unpaired) electrons. The Bertz CT molecular complexity index is 2790. The third kappa shape index (κ3) is 8.06. The average molecular weight is 893 g/mol. The highest BCUT2D eigenvalue weighted by Gasteiger charge is 2.38. The van der Waals surface area contributed by atoms with Gasteiger partial charge in [0.1, 0.15) is 11.5 Å². The molecule has 4 aliphatic heterocycles. The second-order valence-corrected chi connectivity index (χ2v) is 19.4. The topological polar surface area (TPSA) is 153 Å². The molecule has 5 aliphatic rings. The number of rotatable bonds is 10. The number of ether oxygens (including phenoxy) is 1. The van der Waals surface area contributed by atoms with Crippen LogP contribution >= 0.6 is 0 Å². The highest BCUT2D eigenvalue weighted by molar-refractivity contribution is 6.06. The van der Waals surface area contributed by atoms with Gasteiger partial charge in [0, 0.05) is 106 Å². The molecular formula is C51H60N10O5. The molecule has 7 heterocycles. The molecule has 1 atom stereocenters. The highest BCUT2D eigenvalue weighted by atomic mass is 16.5. The lowest BCUT2D eigenvalue weighted by Crippen LogP contribution is -2.57. The molecule has 0 unspecified atom stereocenters. The van der Waals surface area contributed by atoms with Gasteiger partial charge in [0.25, 0.3) is 11.5 Å². The van der Waals surface area contributed by atoms with Gasteiger partial charge in [0.15, 0.2) is 5.82 Å². The first-order chi connectivity index (χ1) is 31.9. The molecule has 0 spiro atoms. The van der Waals surface area contributed by atoms with E-state index < -0.39 is 6.61 Å². The Kier molecular flexibility index (Phi) is 11.6. The third-order valence-electron chi connectivity index (χ3n) is 14.4. The fourth-order valence-corrected chi connectivity index (χ4v) is 11.2. The molecule has 66 heavy (non-hydrogen) atoms. The van der Waals surface area contributed by atoms with Crippen LogP contribution in [0.4, 0.5) is 34.4 Å². The fourth-order valence-electron chi connectivity index (χ4n) is 11.2. The van der Waals surface area contributed by atoms with Crippen molar-refractivity contribution in [3.05, 3.63) is 118 Å². The van der Waals surface area contributed by atoms with Crippen molar-refractivity contribution in [2.45, 2.75) is 84.7 Å². The van der Waals surface area contributed by atoms with Crippen molar-refractivity contribution < 1.29 is 19.4 Å². The first-order valence-electron chi connectivity index (χ1n) is 23.4. The number of hydrogen-bond acceptors (Lipinski definition) is 11. The van der Waals surface area contributed by atoms with Gasteiger partial charge in [-0.05, 0) is 104 Å². The molecule has 2 amide bonds. The van der Waals surface area contributed by atoms with Crippen LogP contribution in [-0.4, -0.2) is 98.9 Å². The number of anilines is 6. The van der Waals surface area contributed by atoms with E-state index in [0.717, 1.165) is 77.1 Å². The smallest absolute Gasteiger partial charge is 0.293 e. The molecule has 15 nitrogen and oxygen atoms in total. The number of nitrogens with one attached hydrogen (secondary N) is 2. The number of amides is 2. The number of carbonyl (C=O) groups excluding carboxylic acids is 2. The van der Waals surface area contributed by atoms with Crippen molar-refractivity contribution in [3.8, 4) is 11.3 Å². The van der Waals surface area contributed by atoms with Crippen LogP contribution in [0.5, 0.6) is 0 Å². The SMILES string of the molecule is C=CC(=O)Nc1cc(Nc2nc(-c3ccnc(N4CCn5c(cc6c5CC(C)(C)C6)C4=O)c3CO)cn(C)c2=O)ccc1N1CCN(C2CCN(c3cccc4c3CCOC4)CC2)C[C@@H]1C. The molecule has 3 N–H and O–H groups in total. The number of hydrogen-bond donors (Lipinski definition) is 3. The van der Waals surface area contributed by atoms with Crippen molar-refractivity contribution in [1.29, 1.82) is 0 Å². The standard InChI is InChI=1S/C51H60N10O5/c1-6-46(63)54-40-25-35(10-11-43(40)59-20-19-58(28-32(59)2)36-13-17-57(18-14-36)42-9-7-8-33-31-66-23-15-37(33)42)53-47-50(65)56(5)29-41(55-47)38-12-16-52-48(39(38)30-62)61-22-21-60-44(49(61)64)24-34-26-51(3,4)27-45(34)60/h6-12,16,24-25,29,32,36,62H,1,13-15,17-23,26-28,30-31H2,2-5H3,(H,53,55)(H,54,63)/t32-/m0/s1. The van der Waals surface area contributed by atoms with Crippen LogP contribution in [0.2, 0.25) is 0 Å². The number of benzene rings is 2. The lowest BCUT2D eigenvalue weighted by Gasteiger charge is -2.47. The molecule has 2 saturated heterocycles. The van der Waals surface area contributed by atoms with E-state index in [2.05, 4.69) is 80.4 Å². The average Bonchev–Trinajstić information content (AvgIpc) is 3.82. The van der Waals surface area contributed by atoms with Crippen LogP contribution in [0.1, 0.15) is 72.0 Å². The van der Waals surface area contributed by atoms with Gasteiger partial charge in [-0.15, -0.1) is 0 Å². The van der Waals surface area contributed by atoms with Crippen molar-refractivity contribution in [2.24, 2.45) is 12.5 Å². The number of aliphatic hydroxyl groups is 1. The first kappa shape index (κ1) is 43.6. The Morgan fingerprint density at radius 3 is 2.62 bits per heavy atom. The summed E-state index contributed by atoms with van der Waals surface area (Å²) in [6.07, 6.45) is 9.54.